The monoisotopic (exact) mass is 555 g/mol. The molecule has 1 aromatic heterocycles. The van der Waals surface area contributed by atoms with Crippen LogP contribution in [0.5, 0.6) is 5.75 Å². The van der Waals surface area contributed by atoms with Crippen LogP contribution in [0, 0.1) is 11.7 Å². The summed E-state index contributed by atoms with van der Waals surface area (Å²) in [5.74, 6) is 0.725. The van der Waals surface area contributed by atoms with Gasteiger partial charge in [-0.1, -0.05) is 116 Å². The molecule has 0 spiro atoms. The molecule has 0 N–H and O–H groups in total. The minimum absolute atomic E-state index is 0.317. The molecular weight excluding hydrogens is 501 g/mol. The number of ether oxygens (including phenoxy) is 3. The van der Waals surface area contributed by atoms with Crippen LogP contribution in [0.1, 0.15) is 135 Å². The number of nitrogens with zero attached hydrogens (tertiary/aromatic N) is 1. The molecule has 0 amide bonds. The molecule has 1 aromatic carbocycles. The average Bonchev–Trinajstić information content (AvgIpc) is 2.98. The van der Waals surface area contributed by atoms with Crippen molar-refractivity contribution < 1.29 is 18.6 Å². The molecule has 3 rings (SSSR count). The minimum atomic E-state index is -0.395. The third kappa shape index (κ3) is 12.3. The first-order valence-corrected chi connectivity index (χ1v) is 16.3. The van der Waals surface area contributed by atoms with Gasteiger partial charge in [-0.25, -0.2) is 4.39 Å². The summed E-state index contributed by atoms with van der Waals surface area (Å²) in [6, 6.07) is 8.82. The molecule has 224 valence electrons. The van der Waals surface area contributed by atoms with E-state index in [1.807, 2.05) is 18.2 Å². The summed E-state index contributed by atoms with van der Waals surface area (Å²) in [6.07, 6.45) is 23.2. The van der Waals surface area contributed by atoms with Crippen molar-refractivity contribution in [3.05, 3.63) is 47.9 Å². The van der Waals surface area contributed by atoms with Crippen molar-refractivity contribution >= 4 is 0 Å². The Labute approximate surface area is 243 Å². The first kappa shape index (κ1) is 32.5. The van der Waals surface area contributed by atoms with Crippen LogP contribution in [-0.2, 0) is 9.47 Å². The van der Waals surface area contributed by atoms with E-state index in [2.05, 4.69) is 18.8 Å². The van der Waals surface area contributed by atoms with Crippen LogP contribution in [0.25, 0.3) is 11.3 Å². The highest BCUT2D eigenvalue weighted by Gasteiger charge is 2.23. The van der Waals surface area contributed by atoms with Crippen LogP contribution in [0.3, 0.4) is 0 Å². The lowest BCUT2D eigenvalue weighted by atomic mass is 10.0. The van der Waals surface area contributed by atoms with Crippen molar-refractivity contribution in [1.82, 2.24) is 4.98 Å². The summed E-state index contributed by atoms with van der Waals surface area (Å²) in [7, 11) is 0. The van der Waals surface area contributed by atoms with Crippen LogP contribution >= 0.6 is 0 Å². The molecule has 1 saturated heterocycles. The molecular formula is C35H54FNO3. The van der Waals surface area contributed by atoms with Crippen LogP contribution in [0.15, 0.2) is 36.5 Å². The van der Waals surface area contributed by atoms with Gasteiger partial charge in [0.1, 0.15) is 11.6 Å². The number of hydrogen-bond donors (Lipinski definition) is 0. The Hall–Kier alpha value is -1.98. The lowest BCUT2D eigenvalue weighted by molar-refractivity contribution is -0.206. The van der Waals surface area contributed by atoms with E-state index in [-0.39, 0.29) is 5.82 Å². The van der Waals surface area contributed by atoms with E-state index in [4.69, 9.17) is 14.2 Å². The zero-order chi connectivity index (χ0) is 28.3. The fourth-order valence-electron chi connectivity index (χ4n) is 5.39. The standard InChI is InChI=1S/C35H54FNO3/c1-3-5-7-9-11-13-15-17-19-29-27-39-35(40-28-29)30-20-23-34(37-26-30)32-22-21-31(25-33(32)36)38-24-18-16-14-12-10-8-6-4-2/h20-23,25-26,29,35H,3-19,24,27-28H2,1-2H3. The van der Waals surface area contributed by atoms with Crippen LogP contribution in [0.2, 0.25) is 0 Å². The largest absolute Gasteiger partial charge is 0.493 e. The van der Waals surface area contributed by atoms with E-state index in [1.54, 1.807) is 12.3 Å². The van der Waals surface area contributed by atoms with E-state index in [9.17, 15) is 4.39 Å². The predicted molar refractivity (Wildman–Crippen MR) is 163 cm³/mol. The van der Waals surface area contributed by atoms with Gasteiger partial charge in [-0.3, -0.25) is 4.98 Å². The van der Waals surface area contributed by atoms with E-state index in [0.29, 0.717) is 29.5 Å². The molecule has 0 atom stereocenters. The molecule has 5 heteroatoms. The SMILES string of the molecule is CCCCCCCCCCOc1ccc(-c2ccc(C3OCC(CCCCCCCCCC)CO3)cn2)c(F)c1. The number of unbranched alkanes of at least 4 members (excludes halogenated alkanes) is 14. The van der Waals surface area contributed by atoms with Gasteiger partial charge in [0.15, 0.2) is 6.29 Å². The maximum Gasteiger partial charge on any atom is 0.185 e. The van der Waals surface area contributed by atoms with Crippen molar-refractivity contribution in [1.29, 1.82) is 0 Å². The minimum Gasteiger partial charge on any atom is -0.493 e. The highest BCUT2D eigenvalue weighted by molar-refractivity contribution is 5.61. The van der Waals surface area contributed by atoms with Crippen LogP contribution in [-0.4, -0.2) is 24.8 Å². The Morgan fingerprint density at radius 3 is 1.93 bits per heavy atom. The zero-order valence-corrected chi connectivity index (χ0v) is 25.3. The number of benzene rings is 1. The topological polar surface area (TPSA) is 40.6 Å². The van der Waals surface area contributed by atoms with Gasteiger partial charge in [0.05, 0.1) is 25.5 Å². The molecule has 4 nitrogen and oxygen atoms in total. The highest BCUT2D eigenvalue weighted by atomic mass is 19.1. The quantitative estimate of drug-likeness (QED) is 0.144. The summed E-state index contributed by atoms with van der Waals surface area (Å²) < 4.78 is 32.7. The number of halogens is 1. The molecule has 0 saturated carbocycles. The summed E-state index contributed by atoms with van der Waals surface area (Å²) in [4.78, 5) is 4.51. The second kappa shape index (κ2) is 20.0. The molecule has 0 unspecified atom stereocenters. The number of hydrogen-bond acceptors (Lipinski definition) is 4. The molecule has 1 aliphatic rings. The fraction of sp³-hybridized carbons (Fsp3) is 0.686. The number of rotatable bonds is 21. The third-order valence-electron chi connectivity index (χ3n) is 7.97. The molecule has 2 heterocycles. The van der Waals surface area contributed by atoms with Crippen molar-refractivity contribution in [2.45, 2.75) is 129 Å². The van der Waals surface area contributed by atoms with Gasteiger partial charge in [0, 0.05) is 29.3 Å². The lowest BCUT2D eigenvalue weighted by Crippen LogP contribution is -2.27. The van der Waals surface area contributed by atoms with Gasteiger partial charge in [-0.05, 0) is 31.0 Å². The highest BCUT2D eigenvalue weighted by Crippen LogP contribution is 2.30. The van der Waals surface area contributed by atoms with Gasteiger partial charge in [0.2, 0.25) is 0 Å². The van der Waals surface area contributed by atoms with Crippen LogP contribution < -0.4 is 4.74 Å². The van der Waals surface area contributed by atoms with E-state index in [1.165, 1.54) is 96.0 Å². The smallest absolute Gasteiger partial charge is 0.185 e. The third-order valence-corrected chi connectivity index (χ3v) is 7.97. The van der Waals surface area contributed by atoms with Gasteiger partial charge in [-0.15, -0.1) is 0 Å². The Bertz CT molecular complexity index is 911. The molecule has 1 aliphatic heterocycles. The maximum absolute atomic E-state index is 14.9. The van der Waals surface area contributed by atoms with E-state index < -0.39 is 6.29 Å². The van der Waals surface area contributed by atoms with Gasteiger partial charge in [0.25, 0.3) is 0 Å². The van der Waals surface area contributed by atoms with Gasteiger partial charge in [-0.2, -0.15) is 0 Å². The van der Waals surface area contributed by atoms with Crippen molar-refractivity contribution in [2.75, 3.05) is 19.8 Å². The first-order chi connectivity index (χ1) is 19.7. The Kier molecular flexibility index (Phi) is 16.3. The van der Waals surface area contributed by atoms with Gasteiger partial charge >= 0.3 is 0 Å². The Morgan fingerprint density at radius 2 is 1.35 bits per heavy atom. The number of pyridine rings is 1. The summed E-state index contributed by atoms with van der Waals surface area (Å²) in [6.45, 7) is 6.58. The molecule has 0 bridgehead atoms. The molecule has 0 aliphatic carbocycles. The molecule has 1 fully saturated rings. The number of aromatic nitrogens is 1. The Morgan fingerprint density at radius 1 is 0.750 bits per heavy atom. The first-order valence-electron chi connectivity index (χ1n) is 16.3. The second-order valence-electron chi connectivity index (χ2n) is 11.6. The van der Waals surface area contributed by atoms with E-state index in [0.717, 1.165) is 38.0 Å². The zero-order valence-electron chi connectivity index (χ0n) is 25.3. The molecule has 0 radical (unpaired) electrons. The molecule has 40 heavy (non-hydrogen) atoms. The lowest BCUT2D eigenvalue weighted by Gasteiger charge is -2.29. The normalized spacial score (nSPS) is 17.3. The molecule has 2 aromatic rings. The van der Waals surface area contributed by atoms with Crippen molar-refractivity contribution in [3.8, 4) is 17.0 Å². The summed E-state index contributed by atoms with van der Waals surface area (Å²) in [5.41, 5.74) is 1.95. The average molecular weight is 556 g/mol. The summed E-state index contributed by atoms with van der Waals surface area (Å²) >= 11 is 0. The fourth-order valence-corrected chi connectivity index (χ4v) is 5.39. The van der Waals surface area contributed by atoms with Crippen LogP contribution in [0.4, 0.5) is 4.39 Å². The summed E-state index contributed by atoms with van der Waals surface area (Å²) in [5, 5.41) is 0. The Balaban J connectivity index is 1.33. The maximum atomic E-state index is 14.9. The van der Waals surface area contributed by atoms with Crippen molar-refractivity contribution in [2.24, 2.45) is 5.92 Å². The second-order valence-corrected chi connectivity index (χ2v) is 11.6. The predicted octanol–water partition coefficient (Wildman–Crippen LogP) is 10.6. The van der Waals surface area contributed by atoms with Gasteiger partial charge < -0.3 is 14.2 Å². The van der Waals surface area contributed by atoms with Crippen molar-refractivity contribution in [3.63, 3.8) is 0 Å². The van der Waals surface area contributed by atoms with E-state index >= 15 is 0 Å².